The van der Waals surface area contributed by atoms with E-state index in [1.807, 2.05) is 55.1 Å². The molecule has 2 aromatic carbocycles. The summed E-state index contributed by atoms with van der Waals surface area (Å²) in [5, 5.41) is 2.89. The first-order valence-corrected chi connectivity index (χ1v) is 9.94. The number of fused-ring (bicyclic) bond motifs is 3. The Bertz CT molecular complexity index is 1030. The Hall–Kier alpha value is -2.82. The highest BCUT2D eigenvalue weighted by Gasteiger charge is 2.27. The smallest absolute Gasteiger partial charge is 0.375 e. The van der Waals surface area contributed by atoms with Crippen LogP contribution < -0.4 is 0 Å². The molecule has 4 rings (SSSR count). The van der Waals surface area contributed by atoms with E-state index in [1.54, 1.807) is 0 Å². The van der Waals surface area contributed by atoms with E-state index >= 15 is 0 Å². The van der Waals surface area contributed by atoms with Crippen molar-refractivity contribution in [1.29, 1.82) is 0 Å². The Morgan fingerprint density at radius 3 is 2.68 bits per heavy atom. The molecule has 0 spiro atoms. The molecule has 0 aliphatic heterocycles. The maximum Gasteiger partial charge on any atom is 0.375 e. The monoisotopic (exact) mass is 379 g/mol. The highest BCUT2D eigenvalue weighted by atomic mass is 16.5. The van der Waals surface area contributed by atoms with Crippen LogP contribution in [0.1, 0.15) is 42.3 Å². The molecule has 0 radical (unpaired) electrons. The van der Waals surface area contributed by atoms with Crippen molar-refractivity contribution in [2.75, 3.05) is 19.7 Å². The summed E-state index contributed by atoms with van der Waals surface area (Å²) in [7, 11) is 0. The van der Waals surface area contributed by atoms with Crippen molar-refractivity contribution >= 4 is 33.6 Å². The van der Waals surface area contributed by atoms with Crippen molar-refractivity contribution in [2.24, 2.45) is 5.92 Å². The summed E-state index contributed by atoms with van der Waals surface area (Å²) in [6, 6.07) is 11.9. The number of carbonyl (C=O) groups excluding carboxylic acids is 2. The van der Waals surface area contributed by atoms with Crippen LogP contribution >= 0.6 is 0 Å². The number of aryl methyl sites for hydroxylation is 1. The Labute approximate surface area is 164 Å². The number of amides is 1. The van der Waals surface area contributed by atoms with Crippen molar-refractivity contribution in [3.63, 3.8) is 0 Å². The Morgan fingerprint density at radius 1 is 1.14 bits per heavy atom. The van der Waals surface area contributed by atoms with Crippen LogP contribution in [-0.2, 0) is 9.53 Å². The van der Waals surface area contributed by atoms with Gasteiger partial charge in [-0.15, -0.1) is 0 Å². The fourth-order valence-corrected chi connectivity index (χ4v) is 3.63. The largest absolute Gasteiger partial charge is 0.450 e. The minimum absolute atomic E-state index is 0.138. The summed E-state index contributed by atoms with van der Waals surface area (Å²) >= 11 is 0. The van der Waals surface area contributed by atoms with E-state index in [-0.39, 0.29) is 18.3 Å². The maximum absolute atomic E-state index is 12.6. The van der Waals surface area contributed by atoms with Crippen molar-refractivity contribution in [3.05, 3.63) is 47.7 Å². The number of hydrogen-bond donors (Lipinski definition) is 0. The molecule has 0 unspecified atom stereocenters. The van der Waals surface area contributed by atoms with E-state index in [2.05, 4.69) is 0 Å². The highest BCUT2D eigenvalue weighted by molar-refractivity contribution is 6.08. The van der Waals surface area contributed by atoms with Crippen molar-refractivity contribution in [1.82, 2.24) is 4.90 Å². The van der Waals surface area contributed by atoms with Crippen molar-refractivity contribution < 1.29 is 18.7 Å². The molecule has 5 nitrogen and oxygen atoms in total. The third-order valence-corrected chi connectivity index (χ3v) is 5.36. The lowest BCUT2D eigenvalue weighted by Crippen LogP contribution is -2.36. The van der Waals surface area contributed by atoms with Gasteiger partial charge in [-0.2, -0.15) is 0 Å². The lowest BCUT2D eigenvalue weighted by molar-refractivity contribution is -0.134. The molecular formula is C23H25NO4. The molecule has 0 saturated heterocycles. The normalized spacial score (nSPS) is 13.8. The molecule has 1 saturated carbocycles. The first kappa shape index (κ1) is 18.5. The summed E-state index contributed by atoms with van der Waals surface area (Å²) in [6.45, 7) is 5.10. The molecule has 146 valence electrons. The van der Waals surface area contributed by atoms with Crippen LogP contribution in [0.25, 0.3) is 21.7 Å². The molecular weight excluding hydrogens is 354 g/mol. The second-order valence-corrected chi connectivity index (χ2v) is 7.58. The number of hydrogen-bond acceptors (Lipinski definition) is 4. The zero-order chi connectivity index (χ0) is 19.7. The third-order valence-electron chi connectivity index (χ3n) is 5.36. The van der Waals surface area contributed by atoms with E-state index in [4.69, 9.17) is 9.15 Å². The van der Waals surface area contributed by atoms with E-state index in [1.165, 1.54) is 12.8 Å². The molecule has 1 fully saturated rings. The van der Waals surface area contributed by atoms with Gasteiger partial charge in [-0.1, -0.05) is 43.3 Å². The summed E-state index contributed by atoms with van der Waals surface area (Å²) in [4.78, 5) is 26.9. The number of rotatable bonds is 7. The number of ether oxygens (including phenoxy) is 1. The topological polar surface area (TPSA) is 59.8 Å². The molecule has 3 aromatic rings. The summed E-state index contributed by atoms with van der Waals surface area (Å²) < 4.78 is 11.2. The maximum atomic E-state index is 12.6. The van der Waals surface area contributed by atoms with E-state index in [0.29, 0.717) is 18.0 Å². The molecule has 1 amide bonds. The fraction of sp³-hybridized carbons (Fsp3) is 0.391. The van der Waals surface area contributed by atoms with Crippen LogP contribution in [0.5, 0.6) is 0 Å². The minimum atomic E-state index is -0.589. The van der Waals surface area contributed by atoms with Gasteiger partial charge in [0.15, 0.2) is 6.61 Å². The fourth-order valence-electron chi connectivity index (χ4n) is 3.63. The highest BCUT2D eigenvalue weighted by Crippen LogP contribution is 2.32. The molecule has 0 N–H and O–H groups in total. The molecule has 0 atom stereocenters. The van der Waals surface area contributed by atoms with Crippen molar-refractivity contribution in [3.8, 4) is 0 Å². The van der Waals surface area contributed by atoms with Crippen LogP contribution in [0.4, 0.5) is 0 Å². The molecule has 5 heteroatoms. The van der Waals surface area contributed by atoms with E-state index < -0.39 is 5.97 Å². The van der Waals surface area contributed by atoms with E-state index in [0.717, 1.165) is 34.7 Å². The summed E-state index contributed by atoms with van der Waals surface area (Å²) in [6.07, 6.45) is 3.25. The molecule has 0 bridgehead atoms. The van der Waals surface area contributed by atoms with Crippen LogP contribution in [-0.4, -0.2) is 36.5 Å². The van der Waals surface area contributed by atoms with Crippen LogP contribution in [0.15, 0.2) is 40.8 Å². The molecule has 28 heavy (non-hydrogen) atoms. The molecule has 1 heterocycles. The summed E-state index contributed by atoms with van der Waals surface area (Å²) in [5.74, 6) is 0.0517. The Morgan fingerprint density at radius 2 is 1.93 bits per heavy atom. The molecule has 1 aliphatic carbocycles. The number of benzene rings is 2. The number of furan rings is 1. The first-order valence-electron chi connectivity index (χ1n) is 9.94. The van der Waals surface area contributed by atoms with Gasteiger partial charge in [-0.05, 0) is 37.5 Å². The van der Waals surface area contributed by atoms with Gasteiger partial charge in [-0.25, -0.2) is 4.79 Å². The lowest BCUT2D eigenvalue weighted by atomic mass is 10.1. The standard InChI is InChI=1S/C23H25NO4/c1-3-12-24(13-16-8-9-16)20(25)14-27-23(26)21-15(2)18-11-10-17-6-4-5-7-19(17)22(18)28-21/h4-7,10-11,16H,3,8-9,12-14H2,1-2H3. The minimum Gasteiger partial charge on any atom is -0.450 e. The number of esters is 1. The first-order chi connectivity index (χ1) is 13.6. The lowest BCUT2D eigenvalue weighted by Gasteiger charge is -2.21. The van der Waals surface area contributed by atoms with Gasteiger partial charge in [0.05, 0.1) is 0 Å². The Balaban J connectivity index is 1.51. The van der Waals surface area contributed by atoms with Gasteiger partial charge in [0.2, 0.25) is 5.76 Å². The van der Waals surface area contributed by atoms with E-state index in [9.17, 15) is 9.59 Å². The van der Waals surface area contributed by atoms with Crippen LogP contribution in [0.3, 0.4) is 0 Å². The summed E-state index contributed by atoms with van der Waals surface area (Å²) in [5.41, 5.74) is 1.41. The third kappa shape index (κ3) is 3.61. The predicted molar refractivity (Wildman–Crippen MR) is 108 cm³/mol. The number of nitrogens with zero attached hydrogens (tertiary/aromatic N) is 1. The number of carbonyl (C=O) groups is 2. The second kappa shape index (κ2) is 7.66. The van der Waals surface area contributed by atoms with Gasteiger partial charge >= 0.3 is 5.97 Å². The van der Waals surface area contributed by atoms with Gasteiger partial charge in [-0.3, -0.25) is 4.79 Å². The average Bonchev–Trinajstić information content (AvgIpc) is 3.46. The predicted octanol–water partition coefficient (Wildman–Crippen LogP) is 4.70. The average molecular weight is 379 g/mol. The molecule has 1 aliphatic rings. The quantitative estimate of drug-likeness (QED) is 0.558. The zero-order valence-electron chi connectivity index (χ0n) is 16.4. The zero-order valence-corrected chi connectivity index (χ0v) is 16.4. The molecule has 1 aromatic heterocycles. The second-order valence-electron chi connectivity index (χ2n) is 7.58. The Kier molecular flexibility index (Phi) is 5.07. The van der Waals surface area contributed by atoms with Gasteiger partial charge in [0, 0.05) is 29.4 Å². The van der Waals surface area contributed by atoms with Crippen LogP contribution in [0.2, 0.25) is 0 Å². The van der Waals surface area contributed by atoms with Gasteiger partial charge in [0.1, 0.15) is 5.58 Å². The SMILES string of the molecule is CCCN(CC1CC1)C(=O)COC(=O)c1oc2c(ccc3ccccc32)c1C. The van der Waals surface area contributed by atoms with Gasteiger partial charge < -0.3 is 14.1 Å². The van der Waals surface area contributed by atoms with Crippen molar-refractivity contribution in [2.45, 2.75) is 33.1 Å². The van der Waals surface area contributed by atoms with Gasteiger partial charge in [0.25, 0.3) is 5.91 Å². The van der Waals surface area contributed by atoms with Crippen LogP contribution in [0, 0.1) is 12.8 Å².